The number of rotatable bonds is 8. The van der Waals surface area contributed by atoms with E-state index < -0.39 is 6.04 Å². The zero-order chi connectivity index (χ0) is 15.1. The summed E-state index contributed by atoms with van der Waals surface area (Å²) >= 11 is 0. The minimum Gasteiger partial charge on any atom is -0.406 e. The molecule has 6 nitrogen and oxygen atoms in total. The first-order valence-corrected chi connectivity index (χ1v) is 7.26. The maximum atomic E-state index is 8.84. The Bertz CT molecular complexity index is 529. The van der Waals surface area contributed by atoms with Crippen LogP contribution < -0.4 is 10.6 Å². The van der Waals surface area contributed by atoms with Gasteiger partial charge < -0.3 is 20.2 Å². The Morgan fingerprint density at radius 1 is 1.24 bits per heavy atom. The van der Waals surface area contributed by atoms with Gasteiger partial charge >= 0.3 is 6.01 Å². The standard InChI is InChI=1S/C15H22N4O2/c1-2-19(10-6-7-11-20)15-18-17-14(21-15)13(16)12-8-4-3-5-9-12/h3-5,8-9,13,20H,2,6-7,10-11,16H2,1H3/t13-/m1/s1. The molecule has 1 aromatic heterocycles. The van der Waals surface area contributed by atoms with E-state index >= 15 is 0 Å². The smallest absolute Gasteiger partial charge is 0.318 e. The van der Waals surface area contributed by atoms with Crippen molar-refractivity contribution in [1.29, 1.82) is 0 Å². The van der Waals surface area contributed by atoms with Crippen LogP contribution in [0.3, 0.4) is 0 Å². The number of hydrogen-bond acceptors (Lipinski definition) is 6. The van der Waals surface area contributed by atoms with Crippen LogP contribution in [0.5, 0.6) is 0 Å². The normalized spacial score (nSPS) is 12.3. The molecule has 0 aliphatic heterocycles. The van der Waals surface area contributed by atoms with Crippen molar-refractivity contribution in [2.75, 3.05) is 24.6 Å². The Labute approximate surface area is 124 Å². The van der Waals surface area contributed by atoms with Gasteiger partial charge in [-0.3, -0.25) is 0 Å². The molecule has 0 bridgehead atoms. The fourth-order valence-corrected chi connectivity index (χ4v) is 2.09. The van der Waals surface area contributed by atoms with Gasteiger partial charge in [0.05, 0.1) is 0 Å². The van der Waals surface area contributed by atoms with Crippen molar-refractivity contribution in [3.05, 3.63) is 41.8 Å². The predicted molar refractivity (Wildman–Crippen MR) is 81.0 cm³/mol. The van der Waals surface area contributed by atoms with Gasteiger partial charge in [0, 0.05) is 19.7 Å². The molecule has 2 rings (SSSR count). The molecule has 0 saturated heterocycles. The van der Waals surface area contributed by atoms with E-state index in [9.17, 15) is 0 Å². The third kappa shape index (κ3) is 4.03. The summed E-state index contributed by atoms with van der Waals surface area (Å²) in [7, 11) is 0. The molecule has 1 atom stereocenters. The molecule has 0 saturated carbocycles. The van der Waals surface area contributed by atoms with E-state index in [2.05, 4.69) is 10.2 Å². The summed E-state index contributed by atoms with van der Waals surface area (Å²) in [6.07, 6.45) is 1.65. The van der Waals surface area contributed by atoms with E-state index in [1.807, 2.05) is 42.2 Å². The van der Waals surface area contributed by atoms with E-state index in [4.69, 9.17) is 15.3 Å². The van der Waals surface area contributed by atoms with Gasteiger partial charge in [-0.2, -0.15) is 0 Å². The lowest BCUT2D eigenvalue weighted by Gasteiger charge is -2.17. The van der Waals surface area contributed by atoms with Crippen molar-refractivity contribution in [3.8, 4) is 0 Å². The summed E-state index contributed by atoms with van der Waals surface area (Å²) < 4.78 is 5.70. The first kappa shape index (κ1) is 15.5. The average Bonchev–Trinajstić information content (AvgIpc) is 3.01. The van der Waals surface area contributed by atoms with E-state index in [0.717, 1.165) is 31.5 Å². The van der Waals surface area contributed by atoms with Crippen LogP contribution in [0.4, 0.5) is 6.01 Å². The molecular formula is C15H22N4O2. The topological polar surface area (TPSA) is 88.4 Å². The lowest BCUT2D eigenvalue weighted by atomic mass is 10.1. The van der Waals surface area contributed by atoms with Crippen LogP contribution in [0.15, 0.2) is 34.7 Å². The van der Waals surface area contributed by atoms with Gasteiger partial charge in [0.2, 0.25) is 5.89 Å². The number of hydrogen-bond donors (Lipinski definition) is 2. The lowest BCUT2D eigenvalue weighted by molar-refractivity contribution is 0.284. The summed E-state index contributed by atoms with van der Waals surface area (Å²) in [6.45, 7) is 3.78. The van der Waals surface area contributed by atoms with E-state index in [0.29, 0.717) is 11.9 Å². The SMILES string of the molecule is CCN(CCCCO)c1nnc([C@H](N)c2ccccc2)o1. The zero-order valence-electron chi connectivity index (χ0n) is 12.3. The van der Waals surface area contributed by atoms with Gasteiger partial charge in [0.25, 0.3) is 0 Å². The average molecular weight is 290 g/mol. The summed E-state index contributed by atoms with van der Waals surface area (Å²) in [5, 5.41) is 17.0. The number of aromatic nitrogens is 2. The number of anilines is 1. The minimum atomic E-state index is -0.413. The van der Waals surface area contributed by atoms with Crippen LogP contribution in [-0.2, 0) is 0 Å². The quantitative estimate of drug-likeness (QED) is 0.720. The molecular weight excluding hydrogens is 268 g/mol. The Morgan fingerprint density at radius 3 is 2.67 bits per heavy atom. The predicted octanol–water partition coefficient (Wildman–Crippen LogP) is 1.72. The van der Waals surface area contributed by atoms with Crippen molar-refractivity contribution >= 4 is 6.01 Å². The summed E-state index contributed by atoms with van der Waals surface area (Å²) in [5.74, 6) is 0.414. The molecule has 3 N–H and O–H groups in total. The minimum absolute atomic E-state index is 0.200. The maximum Gasteiger partial charge on any atom is 0.318 e. The number of unbranched alkanes of at least 4 members (excludes halogenated alkanes) is 1. The Morgan fingerprint density at radius 2 is 2.00 bits per heavy atom. The summed E-state index contributed by atoms with van der Waals surface area (Å²) in [4.78, 5) is 1.99. The van der Waals surface area contributed by atoms with Gasteiger partial charge in [0.1, 0.15) is 6.04 Å². The molecule has 0 aliphatic carbocycles. The number of aliphatic hydroxyl groups excluding tert-OH is 1. The second-order valence-electron chi connectivity index (χ2n) is 4.82. The lowest BCUT2D eigenvalue weighted by Crippen LogP contribution is -2.24. The summed E-state index contributed by atoms with van der Waals surface area (Å²) in [6, 6.07) is 9.75. The third-order valence-corrected chi connectivity index (χ3v) is 3.34. The van der Waals surface area contributed by atoms with Gasteiger partial charge in [-0.05, 0) is 25.3 Å². The van der Waals surface area contributed by atoms with Gasteiger partial charge in [-0.25, -0.2) is 0 Å². The Hall–Kier alpha value is -1.92. The highest BCUT2D eigenvalue weighted by molar-refractivity contribution is 5.27. The highest BCUT2D eigenvalue weighted by Crippen LogP contribution is 2.21. The molecule has 1 heterocycles. The molecule has 0 fully saturated rings. The van der Waals surface area contributed by atoms with Crippen LogP contribution in [0.1, 0.15) is 37.3 Å². The highest BCUT2D eigenvalue weighted by Gasteiger charge is 2.18. The van der Waals surface area contributed by atoms with Crippen LogP contribution in [0.25, 0.3) is 0 Å². The van der Waals surface area contributed by atoms with Crippen LogP contribution >= 0.6 is 0 Å². The molecule has 0 amide bonds. The molecule has 114 valence electrons. The van der Waals surface area contributed by atoms with Crippen molar-refractivity contribution in [2.24, 2.45) is 5.73 Å². The molecule has 6 heteroatoms. The molecule has 21 heavy (non-hydrogen) atoms. The molecule has 0 spiro atoms. The molecule has 0 aliphatic rings. The second kappa shape index (κ2) is 7.75. The van der Waals surface area contributed by atoms with Crippen molar-refractivity contribution < 1.29 is 9.52 Å². The van der Waals surface area contributed by atoms with Crippen LogP contribution in [-0.4, -0.2) is 35.0 Å². The maximum absolute atomic E-state index is 8.84. The Kier molecular flexibility index (Phi) is 5.71. The zero-order valence-corrected chi connectivity index (χ0v) is 12.3. The van der Waals surface area contributed by atoms with Crippen molar-refractivity contribution in [3.63, 3.8) is 0 Å². The largest absolute Gasteiger partial charge is 0.406 e. The van der Waals surface area contributed by atoms with E-state index in [1.165, 1.54) is 0 Å². The number of aliphatic hydroxyl groups is 1. The number of nitrogens with two attached hydrogens (primary N) is 1. The Balaban J connectivity index is 2.06. The first-order chi connectivity index (χ1) is 10.3. The van der Waals surface area contributed by atoms with Crippen molar-refractivity contribution in [2.45, 2.75) is 25.8 Å². The monoisotopic (exact) mass is 290 g/mol. The van der Waals surface area contributed by atoms with Crippen LogP contribution in [0, 0.1) is 0 Å². The molecule has 0 unspecified atom stereocenters. The van der Waals surface area contributed by atoms with E-state index in [1.54, 1.807) is 0 Å². The van der Waals surface area contributed by atoms with E-state index in [-0.39, 0.29) is 6.61 Å². The number of nitrogens with zero attached hydrogens (tertiary/aromatic N) is 3. The van der Waals surface area contributed by atoms with Gasteiger partial charge in [-0.15, -0.1) is 5.10 Å². The number of benzene rings is 1. The first-order valence-electron chi connectivity index (χ1n) is 7.26. The molecule has 0 radical (unpaired) electrons. The fraction of sp³-hybridized carbons (Fsp3) is 0.467. The molecule has 1 aromatic carbocycles. The molecule has 2 aromatic rings. The van der Waals surface area contributed by atoms with Crippen molar-refractivity contribution in [1.82, 2.24) is 10.2 Å². The summed E-state index contributed by atoms with van der Waals surface area (Å²) in [5.41, 5.74) is 7.09. The van der Waals surface area contributed by atoms with Crippen LogP contribution in [0.2, 0.25) is 0 Å². The van der Waals surface area contributed by atoms with Gasteiger partial charge in [0.15, 0.2) is 0 Å². The highest BCUT2D eigenvalue weighted by atomic mass is 16.4. The third-order valence-electron chi connectivity index (χ3n) is 3.34. The van der Waals surface area contributed by atoms with Gasteiger partial charge in [-0.1, -0.05) is 35.4 Å². The second-order valence-corrected chi connectivity index (χ2v) is 4.82. The fourth-order valence-electron chi connectivity index (χ4n) is 2.09.